The van der Waals surface area contributed by atoms with Crippen molar-refractivity contribution in [1.29, 1.82) is 0 Å². The highest BCUT2D eigenvalue weighted by Crippen LogP contribution is 2.28. The molecule has 1 aromatic carbocycles. The topological polar surface area (TPSA) is 68.3 Å². The van der Waals surface area contributed by atoms with Gasteiger partial charge in [-0.05, 0) is 36.2 Å². The fourth-order valence-corrected chi connectivity index (χ4v) is 5.35. The van der Waals surface area contributed by atoms with Crippen LogP contribution in [0.2, 0.25) is 0 Å². The van der Waals surface area contributed by atoms with Crippen LogP contribution in [-0.4, -0.2) is 41.1 Å². The van der Waals surface area contributed by atoms with Crippen molar-refractivity contribution in [3.63, 3.8) is 0 Å². The van der Waals surface area contributed by atoms with Gasteiger partial charge in [-0.25, -0.2) is 13.1 Å². The van der Waals surface area contributed by atoms with E-state index in [-0.39, 0.29) is 17.4 Å². The van der Waals surface area contributed by atoms with Crippen LogP contribution in [0, 0.1) is 4.84 Å². The van der Waals surface area contributed by atoms with Crippen molar-refractivity contribution < 1.29 is 12.8 Å². The van der Waals surface area contributed by atoms with Gasteiger partial charge >= 0.3 is 0 Å². The molecule has 128 valence electrons. The lowest BCUT2D eigenvalue weighted by Crippen LogP contribution is -2.32. The number of hydrogen-bond donors (Lipinski definition) is 0. The number of nitrogens with zero attached hydrogens (tertiary/aromatic N) is 3. The Morgan fingerprint density at radius 2 is 2.08 bits per heavy atom. The lowest BCUT2D eigenvalue weighted by molar-refractivity contribution is 0.186. The van der Waals surface area contributed by atoms with E-state index in [0.717, 1.165) is 19.5 Å². The van der Waals surface area contributed by atoms with Gasteiger partial charge in [-0.3, -0.25) is 4.90 Å². The maximum atomic E-state index is 11.6. The predicted octanol–water partition coefficient (Wildman–Crippen LogP) is 2.12. The number of fused-ring (bicyclic) bond motifs is 1. The first-order valence-electron chi connectivity index (χ1n) is 8.07. The van der Waals surface area contributed by atoms with Gasteiger partial charge in [0.25, 0.3) is 4.84 Å². The second-order valence-electron chi connectivity index (χ2n) is 6.52. The molecule has 24 heavy (non-hydrogen) atoms. The van der Waals surface area contributed by atoms with Crippen LogP contribution in [0.25, 0.3) is 0 Å². The van der Waals surface area contributed by atoms with Gasteiger partial charge in [-0.1, -0.05) is 24.3 Å². The number of aromatic nitrogens is 2. The Bertz CT molecular complexity index is 917. The molecule has 1 saturated heterocycles. The van der Waals surface area contributed by atoms with Crippen LogP contribution in [0.3, 0.4) is 0 Å². The van der Waals surface area contributed by atoms with E-state index in [2.05, 4.69) is 34.3 Å². The van der Waals surface area contributed by atoms with Gasteiger partial charge in [0, 0.05) is 13.1 Å². The Hall–Kier alpha value is -1.51. The molecule has 0 saturated carbocycles. The molecular formula is C16H19N3O3S2. The second kappa shape index (κ2) is 6.09. The largest absolute Gasteiger partial charge is 0.414 e. The second-order valence-corrected chi connectivity index (χ2v) is 9.10. The summed E-state index contributed by atoms with van der Waals surface area (Å²) in [6.07, 6.45) is 1.57. The van der Waals surface area contributed by atoms with Crippen LogP contribution in [-0.2, 0) is 29.5 Å². The first kappa shape index (κ1) is 16.0. The van der Waals surface area contributed by atoms with E-state index in [1.165, 1.54) is 11.1 Å². The minimum absolute atomic E-state index is 0.110. The molecule has 4 rings (SSSR count). The fourth-order valence-electron chi connectivity index (χ4n) is 3.43. The van der Waals surface area contributed by atoms with Crippen molar-refractivity contribution in [2.45, 2.75) is 32.0 Å². The smallest absolute Gasteiger partial charge is 0.288 e. The Kier molecular flexibility index (Phi) is 4.06. The Morgan fingerprint density at radius 1 is 1.29 bits per heavy atom. The summed E-state index contributed by atoms with van der Waals surface area (Å²) in [5.74, 6) is 0.605. The number of sulfone groups is 1. The SMILES string of the molecule is O=S1(=O)CC[C@@H](c2nn(CN3CCc4ccccc4C3)c(=S)o2)C1. The van der Waals surface area contributed by atoms with Gasteiger partial charge in [-0.15, -0.1) is 5.10 Å². The monoisotopic (exact) mass is 365 g/mol. The van der Waals surface area contributed by atoms with Gasteiger partial charge in [0.05, 0.1) is 24.1 Å². The van der Waals surface area contributed by atoms with Gasteiger partial charge in [-0.2, -0.15) is 0 Å². The van der Waals surface area contributed by atoms with Crippen LogP contribution in [0.1, 0.15) is 29.4 Å². The molecule has 1 aromatic heterocycles. The Labute approximate surface area is 146 Å². The van der Waals surface area contributed by atoms with E-state index >= 15 is 0 Å². The van der Waals surface area contributed by atoms with Gasteiger partial charge < -0.3 is 4.42 Å². The number of benzene rings is 1. The van der Waals surface area contributed by atoms with E-state index in [0.29, 0.717) is 23.8 Å². The molecule has 3 heterocycles. The van der Waals surface area contributed by atoms with E-state index < -0.39 is 9.84 Å². The maximum Gasteiger partial charge on any atom is 0.288 e. The van der Waals surface area contributed by atoms with E-state index in [9.17, 15) is 8.42 Å². The van der Waals surface area contributed by atoms with E-state index in [1.54, 1.807) is 4.68 Å². The van der Waals surface area contributed by atoms with Crippen LogP contribution in [0.15, 0.2) is 28.7 Å². The molecule has 2 aliphatic rings. The zero-order chi connectivity index (χ0) is 16.7. The highest BCUT2D eigenvalue weighted by atomic mass is 32.2. The molecule has 6 nitrogen and oxygen atoms in total. The summed E-state index contributed by atoms with van der Waals surface area (Å²) in [5, 5.41) is 4.45. The molecule has 2 aliphatic heterocycles. The molecule has 0 spiro atoms. The third-order valence-corrected chi connectivity index (χ3v) is 6.81. The van der Waals surface area contributed by atoms with E-state index in [1.807, 2.05) is 0 Å². The van der Waals surface area contributed by atoms with Crippen molar-refractivity contribution >= 4 is 22.1 Å². The quantitative estimate of drug-likeness (QED) is 0.776. The van der Waals surface area contributed by atoms with Gasteiger partial charge in [0.2, 0.25) is 5.89 Å². The zero-order valence-electron chi connectivity index (χ0n) is 13.2. The van der Waals surface area contributed by atoms with Crippen molar-refractivity contribution in [2.24, 2.45) is 0 Å². The molecule has 0 radical (unpaired) electrons. The lowest BCUT2D eigenvalue weighted by atomic mass is 10.0. The third-order valence-electron chi connectivity index (χ3n) is 4.75. The van der Waals surface area contributed by atoms with Crippen molar-refractivity contribution in [3.05, 3.63) is 46.1 Å². The normalized spacial score (nSPS) is 23.2. The summed E-state index contributed by atoms with van der Waals surface area (Å²) in [7, 11) is -2.96. The molecule has 0 N–H and O–H groups in total. The summed E-state index contributed by atoms with van der Waals surface area (Å²) in [4.78, 5) is 2.59. The molecule has 1 atom stereocenters. The number of hydrogen-bond acceptors (Lipinski definition) is 6. The molecular weight excluding hydrogens is 346 g/mol. The minimum atomic E-state index is -2.96. The van der Waals surface area contributed by atoms with Crippen molar-refractivity contribution in [3.8, 4) is 0 Å². The van der Waals surface area contributed by atoms with Crippen LogP contribution in [0.4, 0.5) is 0 Å². The summed E-state index contributed by atoms with van der Waals surface area (Å²) in [6.45, 7) is 2.37. The maximum absolute atomic E-state index is 11.6. The third kappa shape index (κ3) is 3.18. The minimum Gasteiger partial charge on any atom is -0.414 e. The Morgan fingerprint density at radius 3 is 2.83 bits per heavy atom. The van der Waals surface area contributed by atoms with Gasteiger partial charge in [0.1, 0.15) is 0 Å². The molecule has 2 aromatic rings. The summed E-state index contributed by atoms with van der Waals surface area (Å²) < 4.78 is 30.5. The molecule has 0 aliphatic carbocycles. The van der Waals surface area contributed by atoms with E-state index in [4.69, 9.17) is 16.6 Å². The summed E-state index contributed by atoms with van der Waals surface area (Å²) in [5.41, 5.74) is 2.73. The highest BCUT2D eigenvalue weighted by molar-refractivity contribution is 7.91. The first-order valence-corrected chi connectivity index (χ1v) is 10.3. The zero-order valence-corrected chi connectivity index (χ0v) is 14.9. The van der Waals surface area contributed by atoms with Gasteiger partial charge in [0.15, 0.2) is 9.84 Å². The Balaban J connectivity index is 1.49. The van der Waals surface area contributed by atoms with Crippen molar-refractivity contribution in [1.82, 2.24) is 14.7 Å². The summed E-state index contributed by atoms with van der Waals surface area (Å²) >= 11 is 5.27. The average Bonchev–Trinajstić information content (AvgIpc) is 3.10. The van der Waals surface area contributed by atoms with Crippen LogP contribution >= 0.6 is 12.2 Å². The number of rotatable bonds is 3. The molecule has 1 fully saturated rings. The average molecular weight is 365 g/mol. The molecule has 0 amide bonds. The summed E-state index contributed by atoms with van der Waals surface area (Å²) in [6, 6.07) is 8.46. The molecule has 0 unspecified atom stereocenters. The van der Waals surface area contributed by atoms with Crippen molar-refractivity contribution in [2.75, 3.05) is 18.1 Å². The molecule has 0 bridgehead atoms. The van der Waals surface area contributed by atoms with Crippen LogP contribution < -0.4 is 0 Å². The van der Waals surface area contributed by atoms with Crippen LogP contribution in [0.5, 0.6) is 0 Å². The standard InChI is InChI=1S/C16H19N3O3S2/c20-24(21)8-6-14(10-24)15-17-19(16(23)22-15)11-18-7-5-12-3-1-2-4-13(12)9-18/h1-4,14H,5-11H2/t14-/m1/s1. The fraction of sp³-hybridized carbons (Fsp3) is 0.500. The highest BCUT2D eigenvalue weighted by Gasteiger charge is 2.33. The lowest BCUT2D eigenvalue weighted by Gasteiger charge is -2.28. The predicted molar refractivity (Wildman–Crippen MR) is 91.9 cm³/mol. The first-order chi connectivity index (χ1) is 11.5. The molecule has 8 heteroatoms.